The maximum atomic E-state index is 13.6. The van der Waals surface area contributed by atoms with Crippen molar-refractivity contribution in [2.75, 3.05) is 4.72 Å². The fourth-order valence-corrected chi connectivity index (χ4v) is 5.87. The second-order valence-electron chi connectivity index (χ2n) is 6.38. The van der Waals surface area contributed by atoms with Gasteiger partial charge in [-0.15, -0.1) is 11.3 Å². The summed E-state index contributed by atoms with van der Waals surface area (Å²) in [5, 5.41) is 0.558. The highest BCUT2D eigenvalue weighted by atomic mass is 79.9. The van der Waals surface area contributed by atoms with Crippen LogP contribution in [0.1, 0.15) is 11.1 Å². The molecule has 0 unspecified atom stereocenters. The summed E-state index contributed by atoms with van der Waals surface area (Å²) in [5.41, 5.74) is 1.37. The van der Waals surface area contributed by atoms with Crippen LogP contribution < -0.4 is 9.46 Å². The Morgan fingerprint density at radius 2 is 1.97 bits per heavy atom. The number of halogens is 2. The number of aryl methyl sites for hydroxylation is 1. The van der Waals surface area contributed by atoms with Gasteiger partial charge in [-0.1, -0.05) is 30.3 Å². The van der Waals surface area contributed by atoms with Crippen molar-refractivity contribution < 1.29 is 17.5 Å². The Kier molecular flexibility index (Phi) is 5.72. The molecular weight excluding hydrogens is 493 g/mol. The normalized spacial score (nSPS) is 11.6. The molecule has 0 atom stereocenters. The standard InChI is InChI=1S/C20H15BrFN3O3S2/c1-12-15-9-14(22)7-8-16(15)29-20(12)30(26,27)25-18-19(24-17(21)10-23-18)28-11-13-5-3-2-4-6-13/h2-10H,11H2,1H3,(H,23,25). The molecule has 0 bridgehead atoms. The van der Waals surface area contributed by atoms with E-state index < -0.39 is 15.8 Å². The molecule has 2 heterocycles. The lowest BCUT2D eigenvalue weighted by Crippen LogP contribution is -2.15. The van der Waals surface area contributed by atoms with Crippen molar-refractivity contribution in [3.8, 4) is 5.88 Å². The molecule has 0 saturated heterocycles. The summed E-state index contributed by atoms with van der Waals surface area (Å²) in [6.45, 7) is 1.84. The van der Waals surface area contributed by atoms with E-state index >= 15 is 0 Å². The molecule has 0 amide bonds. The van der Waals surface area contributed by atoms with E-state index in [1.807, 2.05) is 30.3 Å². The Morgan fingerprint density at radius 3 is 2.73 bits per heavy atom. The van der Waals surface area contributed by atoms with Crippen LogP contribution in [0.4, 0.5) is 10.2 Å². The van der Waals surface area contributed by atoms with Gasteiger partial charge in [0.15, 0.2) is 0 Å². The van der Waals surface area contributed by atoms with Crippen molar-refractivity contribution >= 4 is 53.2 Å². The van der Waals surface area contributed by atoms with Crippen molar-refractivity contribution in [2.24, 2.45) is 0 Å². The number of hydrogen-bond acceptors (Lipinski definition) is 6. The molecule has 30 heavy (non-hydrogen) atoms. The molecule has 2 aromatic carbocycles. The van der Waals surface area contributed by atoms with Gasteiger partial charge in [0.2, 0.25) is 5.82 Å². The zero-order chi connectivity index (χ0) is 21.3. The Balaban J connectivity index is 1.66. The zero-order valence-corrected chi connectivity index (χ0v) is 18.8. The van der Waals surface area contributed by atoms with E-state index in [1.54, 1.807) is 13.0 Å². The van der Waals surface area contributed by atoms with Crippen LogP contribution in [0.2, 0.25) is 0 Å². The van der Waals surface area contributed by atoms with Crippen LogP contribution >= 0.6 is 27.3 Å². The second-order valence-corrected chi connectivity index (χ2v) is 10.1. The van der Waals surface area contributed by atoms with Gasteiger partial charge >= 0.3 is 0 Å². The van der Waals surface area contributed by atoms with Crippen LogP contribution in [0, 0.1) is 12.7 Å². The molecule has 6 nitrogen and oxygen atoms in total. The van der Waals surface area contributed by atoms with Gasteiger partial charge in [-0.3, -0.25) is 4.72 Å². The summed E-state index contributed by atoms with van der Waals surface area (Å²) in [6, 6.07) is 13.6. The molecule has 2 aromatic heterocycles. The zero-order valence-electron chi connectivity index (χ0n) is 15.6. The minimum atomic E-state index is -3.99. The van der Waals surface area contributed by atoms with E-state index in [2.05, 4.69) is 30.6 Å². The molecule has 0 fully saturated rings. The van der Waals surface area contributed by atoms with Crippen molar-refractivity contribution in [1.29, 1.82) is 0 Å². The highest BCUT2D eigenvalue weighted by Gasteiger charge is 2.24. The number of anilines is 1. The first-order chi connectivity index (χ1) is 14.3. The summed E-state index contributed by atoms with van der Waals surface area (Å²) in [5.74, 6) is -0.408. The van der Waals surface area contributed by atoms with Gasteiger partial charge in [-0.05, 0) is 57.6 Å². The predicted octanol–water partition coefficient (Wildman–Crippen LogP) is 5.28. The molecule has 0 aliphatic heterocycles. The highest BCUT2D eigenvalue weighted by Crippen LogP contribution is 2.36. The van der Waals surface area contributed by atoms with E-state index in [0.717, 1.165) is 16.9 Å². The Morgan fingerprint density at radius 1 is 1.20 bits per heavy atom. The smallest absolute Gasteiger partial charge is 0.273 e. The molecule has 0 aliphatic carbocycles. The lowest BCUT2D eigenvalue weighted by Gasteiger charge is -2.12. The second kappa shape index (κ2) is 8.29. The van der Waals surface area contributed by atoms with Gasteiger partial charge < -0.3 is 4.74 Å². The first-order valence-corrected chi connectivity index (χ1v) is 11.8. The number of nitrogens with one attached hydrogen (secondary N) is 1. The average molecular weight is 508 g/mol. The van der Waals surface area contributed by atoms with Gasteiger partial charge in [0, 0.05) is 4.70 Å². The van der Waals surface area contributed by atoms with Gasteiger partial charge in [-0.2, -0.15) is 0 Å². The minimum Gasteiger partial charge on any atom is -0.470 e. The summed E-state index contributed by atoms with van der Waals surface area (Å²) in [6.07, 6.45) is 1.38. The van der Waals surface area contributed by atoms with E-state index in [9.17, 15) is 12.8 Å². The molecule has 4 aromatic rings. The van der Waals surface area contributed by atoms with E-state index in [1.165, 1.54) is 18.3 Å². The number of benzene rings is 2. The number of ether oxygens (including phenoxy) is 1. The molecule has 4 rings (SSSR count). The van der Waals surface area contributed by atoms with Gasteiger partial charge in [0.25, 0.3) is 15.9 Å². The lowest BCUT2D eigenvalue weighted by atomic mass is 10.2. The topological polar surface area (TPSA) is 81.2 Å². The van der Waals surface area contributed by atoms with Gasteiger partial charge in [0.1, 0.15) is 21.2 Å². The molecular formula is C20H15BrFN3O3S2. The van der Waals surface area contributed by atoms with Crippen LogP contribution in [0.25, 0.3) is 10.1 Å². The van der Waals surface area contributed by atoms with Crippen molar-refractivity contribution in [3.63, 3.8) is 0 Å². The van der Waals surface area contributed by atoms with Gasteiger partial charge in [-0.25, -0.2) is 22.8 Å². The number of thiophene rings is 1. The maximum absolute atomic E-state index is 13.6. The van der Waals surface area contributed by atoms with E-state index in [-0.39, 0.29) is 22.5 Å². The number of nitrogens with zero attached hydrogens (tertiary/aromatic N) is 2. The van der Waals surface area contributed by atoms with Gasteiger partial charge in [0.05, 0.1) is 6.20 Å². The Labute approximate surface area is 184 Å². The third-order valence-corrected chi connectivity index (χ3v) is 7.87. The van der Waals surface area contributed by atoms with Crippen LogP contribution in [-0.4, -0.2) is 18.4 Å². The molecule has 1 N–H and O–H groups in total. The quantitative estimate of drug-likeness (QED) is 0.383. The van der Waals surface area contributed by atoms with Crippen molar-refractivity contribution in [3.05, 3.63) is 76.3 Å². The van der Waals surface area contributed by atoms with Crippen LogP contribution in [0.15, 0.2) is 63.5 Å². The largest absolute Gasteiger partial charge is 0.470 e. The minimum absolute atomic E-state index is 0.0304. The Bertz CT molecular complexity index is 1330. The summed E-state index contributed by atoms with van der Waals surface area (Å²) in [4.78, 5) is 8.32. The monoisotopic (exact) mass is 507 g/mol. The maximum Gasteiger partial charge on any atom is 0.273 e. The summed E-state index contributed by atoms with van der Waals surface area (Å²) in [7, 11) is -3.99. The first-order valence-electron chi connectivity index (χ1n) is 8.74. The Hall–Kier alpha value is -2.56. The molecule has 0 aliphatic rings. The number of aromatic nitrogens is 2. The fourth-order valence-electron chi connectivity index (χ4n) is 2.85. The number of sulfonamides is 1. The van der Waals surface area contributed by atoms with Crippen molar-refractivity contribution in [2.45, 2.75) is 17.7 Å². The molecule has 154 valence electrons. The average Bonchev–Trinajstić information content (AvgIpc) is 3.06. The predicted molar refractivity (Wildman–Crippen MR) is 118 cm³/mol. The SMILES string of the molecule is Cc1c(S(=O)(=O)Nc2ncc(Br)nc2OCc2ccccc2)sc2ccc(F)cc12. The van der Waals surface area contributed by atoms with Crippen LogP contribution in [0.3, 0.4) is 0 Å². The molecule has 0 radical (unpaired) electrons. The van der Waals surface area contributed by atoms with E-state index in [4.69, 9.17) is 4.74 Å². The summed E-state index contributed by atoms with van der Waals surface area (Å²) >= 11 is 4.29. The highest BCUT2D eigenvalue weighted by molar-refractivity contribution is 9.10. The molecule has 0 spiro atoms. The molecule has 0 saturated carbocycles. The van der Waals surface area contributed by atoms with Crippen LogP contribution in [-0.2, 0) is 16.6 Å². The number of fused-ring (bicyclic) bond motifs is 1. The fraction of sp³-hybridized carbons (Fsp3) is 0.100. The summed E-state index contributed by atoms with van der Waals surface area (Å²) < 4.78 is 49.0. The first kappa shape index (κ1) is 20.7. The third kappa shape index (κ3) is 4.30. The molecule has 10 heteroatoms. The van der Waals surface area contributed by atoms with E-state index in [0.29, 0.717) is 20.3 Å². The van der Waals surface area contributed by atoms with Crippen LogP contribution in [0.5, 0.6) is 5.88 Å². The third-order valence-electron chi connectivity index (χ3n) is 4.26. The van der Waals surface area contributed by atoms with Crippen molar-refractivity contribution in [1.82, 2.24) is 9.97 Å². The lowest BCUT2D eigenvalue weighted by molar-refractivity contribution is 0.294. The number of rotatable bonds is 6. The number of hydrogen-bond donors (Lipinski definition) is 1.